The van der Waals surface area contributed by atoms with Crippen LogP contribution in [-0.4, -0.2) is 11.2 Å². The summed E-state index contributed by atoms with van der Waals surface area (Å²) in [5, 5.41) is 11.4. The van der Waals surface area contributed by atoms with Gasteiger partial charge in [0.25, 0.3) is 0 Å². The van der Waals surface area contributed by atoms with Gasteiger partial charge in [0.15, 0.2) is 11.7 Å². The molecule has 0 aromatic heterocycles. The molecule has 0 spiro atoms. The van der Waals surface area contributed by atoms with Gasteiger partial charge in [0, 0.05) is 5.56 Å². The number of aliphatic hydroxyl groups is 1. The molecular formula is C18H18O2. The fourth-order valence-electron chi connectivity index (χ4n) is 2.73. The molecule has 2 aromatic rings. The van der Waals surface area contributed by atoms with Gasteiger partial charge in [-0.05, 0) is 31.6 Å². The van der Waals surface area contributed by atoms with Crippen LogP contribution >= 0.6 is 0 Å². The summed E-state index contributed by atoms with van der Waals surface area (Å²) < 4.78 is 5.96. The fraction of sp³-hybridized carbons (Fsp3) is 0.222. The lowest BCUT2D eigenvalue weighted by Crippen LogP contribution is -2.38. The van der Waals surface area contributed by atoms with Gasteiger partial charge >= 0.3 is 0 Å². The van der Waals surface area contributed by atoms with E-state index in [1.165, 1.54) is 0 Å². The second-order valence-electron chi connectivity index (χ2n) is 5.41. The minimum absolute atomic E-state index is 0.396. The lowest BCUT2D eigenvalue weighted by atomic mass is 9.82. The van der Waals surface area contributed by atoms with Crippen LogP contribution in [0.2, 0.25) is 0 Å². The molecule has 1 aliphatic heterocycles. The van der Waals surface area contributed by atoms with Crippen LogP contribution in [0.25, 0.3) is 0 Å². The molecule has 1 heterocycles. The maximum atomic E-state index is 11.4. The molecule has 0 aliphatic carbocycles. The van der Waals surface area contributed by atoms with E-state index < -0.39 is 11.7 Å². The van der Waals surface area contributed by atoms with Crippen LogP contribution in [0.15, 0.2) is 66.2 Å². The third-order valence-corrected chi connectivity index (χ3v) is 3.66. The minimum atomic E-state index is -1.13. The van der Waals surface area contributed by atoms with Crippen molar-refractivity contribution >= 4 is 0 Å². The first-order chi connectivity index (χ1) is 9.62. The number of fused-ring (bicyclic) bond motifs is 1. The zero-order chi connectivity index (χ0) is 14.2. The molecule has 0 amide bonds. The highest BCUT2D eigenvalue weighted by atomic mass is 16.5. The first-order valence-corrected chi connectivity index (χ1v) is 6.81. The number of benzene rings is 2. The van der Waals surface area contributed by atoms with Crippen LogP contribution in [0.3, 0.4) is 0 Å². The second kappa shape index (κ2) is 4.80. The molecule has 0 saturated carbocycles. The average Bonchev–Trinajstić information content (AvgIpc) is 2.74. The molecule has 1 N–H and O–H groups in total. The van der Waals surface area contributed by atoms with Crippen molar-refractivity contribution in [3.8, 4) is 5.75 Å². The van der Waals surface area contributed by atoms with E-state index in [-0.39, 0.29) is 0 Å². The molecule has 0 unspecified atom stereocenters. The molecule has 2 aromatic carbocycles. The second-order valence-corrected chi connectivity index (χ2v) is 5.41. The summed E-state index contributed by atoms with van der Waals surface area (Å²) in [5.41, 5.74) is 1.67. The molecule has 2 nitrogen and oxygen atoms in total. The van der Waals surface area contributed by atoms with Crippen molar-refractivity contribution in [3.05, 3.63) is 77.4 Å². The van der Waals surface area contributed by atoms with Crippen LogP contribution in [0.5, 0.6) is 5.75 Å². The highest BCUT2D eigenvalue weighted by Gasteiger charge is 2.47. The molecule has 2 heteroatoms. The van der Waals surface area contributed by atoms with Crippen molar-refractivity contribution in [1.82, 2.24) is 0 Å². The Hall–Kier alpha value is -2.06. The lowest BCUT2D eigenvalue weighted by molar-refractivity contribution is 0.0179. The van der Waals surface area contributed by atoms with Crippen molar-refractivity contribution in [1.29, 1.82) is 0 Å². The van der Waals surface area contributed by atoms with Crippen molar-refractivity contribution < 1.29 is 9.84 Å². The zero-order valence-electron chi connectivity index (χ0n) is 11.7. The van der Waals surface area contributed by atoms with Gasteiger partial charge in [-0.3, -0.25) is 0 Å². The van der Waals surface area contributed by atoms with E-state index in [1.54, 1.807) is 0 Å². The Bertz CT molecular complexity index is 641. The SMILES string of the molecule is CC(C)=C[C@@H]1Oc2ccccc2[C@@]1(O)c1ccccc1. The number of allylic oxidation sites excluding steroid dienone is 1. The van der Waals surface area contributed by atoms with Crippen LogP contribution in [-0.2, 0) is 5.60 Å². The van der Waals surface area contributed by atoms with Crippen molar-refractivity contribution in [2.75, 3.05) is 0 Å². The van der Waals surface area contributed by atoms with E-state index in [1.807, 2.05) is 74.5 Å². The third kappa shape index (κ3) is 1.93. The molecule has 0 fully saturated rings. The maximum absolute atomic E-state index is 11.4. The summed E-state index contributed by atoms with van der Waals surface area (Å²) in [6.07, 6.45) is 1.58. The van der Waals surface area contributed by atoms with Crippen LogP contribution in [0.1, 0.15) is 25.0 Å². The van der Waals surface area contributed by atoms with Crippen molar-refractivity contribution in [2.45, 2.75) is 25.6 Å². The van der Waals surface area contributed by atoms with Gasteiger partial charge in [0.2, 0.25) is 0 Å². The van der Waals surface area contributed by atoms with Gasteiger partial charge < -0.3 is 9.84 Å². The standard InChI is InChI=1S/C18H18O2/c1-13(2)12-17-18(19,14-8-4-3-5-9-14)15-10-6-7-11-16(15)20-17/h3-12,17,19H,1-2H3/t17-,18-/m0/s1. The Morgan fingerprint density at radius 1 is 1.05 bits per heavy atom. The Morgan fingerprint density at radius 2 is 1.70 bits per heavy atom. The summed E-state index contributed by atoms with van der Waals surface area (Å²) in [7, 11) is 0. The van der Waals surface area contributed by atoms with E-state index >= 15 is 0 Å². The Kier molecular flexibility index (Phi) is 3.11. The smallest absolute Gasteiger partial charge is 0.158 e. The number of hydrogen-bond acceptors (Lipinski definition) is 2. The highest BCUT2D eigenvalue weighted by Crippen LogP contribution is 2.46. The van der Waals surface area contributed by atoms with E-state index in [4.69, 9.17) is 4.74 Å². The predicted octanol–water partition coefficient (Wildman–Crippen LogP) is 3.65. The van der Waals surface area contributed by atoms with E-state index in [9.17, 15) is 5.11 Å². The third-order valence-electron chi connectivity index (χ3n) is 3.66. The quantitative estimate of drug-likeness (QED) is 0.841. The van der Waals surface area contributed by atoms with Crippen molar-refractivity contribution in [2.24, 2.45) is 0 Å². The Labute approximate surface area is 119 Å². The first kappa shape index (κ1) is 12.9. The number of para-hydroxylation sites is 1. The summed E-state index contributed by atoms with van der Waals surface area (Å²) in [6, 6.07) is 17.4. The topological polar surface area (TPSA) is 29.5 Å². The van der Waals surface area contributed by atoms with Crippen LogP contribution in [0, 0.1) is 0 Å². The molecule has 0 saturated heterocycles. The van der Waals surface area contributed by atoms with Gasteiger partial charge in [-0.25, -0.2) is 0 Å². The molecule has 1 aliphatic rings. The molecule has 20 heavy (non-hydrogen) atoms. The lowest BCUT2D eigenvalue weighted by Gasteiger charge is -2.28. The summed E-state index contributed by atoms with van der Waals surface area (Å²) >= 11 is 0. The van der Waals surface area contributed by atoms with E-state index in [2.05, 4.69) is 0 Å². The zero-order valence-corrected chi connectivity index (χ0v) is 11.7. The average molecular weight is 266 g/mol. The van der Waals surface area contributed by atoms with Gasteiger partial charge in [0.1, 0.15) is 5.75 Å². The van der Waals surface area contributed by atoms with E-state index in [0.717, 1.165) is 22.4 Å². The molecule has 0 bridgehead atoms. The summed E-state index contributed by atoms with van der Waals surface area (Å²) in [4.78, 5) is 0. The summed E-state index contributed by atoms with van der Waals surface area (Å²) in [5.74, 6) is 0.751. The van der Waals surface area contributed by atoms with Crippen molar-refractivity contribution in [3.63, 3.8) is 0 Å². The van der Waals surface area contributed by atoms with Crippen LogP contribution in [0.4, 0.5) is 0 Å². The first-order valence-electron chi connectivity index (χ1n) is 6.81. The van der Waals surface area contributed by atoms with E-state index in [0.29, 0.717) is 0 Å². The Morgan fingerprint density at radius 3 is 2.40 bits per heavy atom. The minimum Gasteiger partial charge on any atom is -0.482 e. The molecule has 3 rings (SSSR count). The van der Waals surface area contributed by atoms with Gasteiger partial charge in [-0.1, -0.05) is 54.1 Å². The van der Waals surface area contributed by atoms with Gasteiger partial charge in [-0.15, -0.1) is 0 Å². The predicted molar refractivity (Wildman–Crippen MR) is 79.7 cm³/mol. The fourth-order valence-corrected chi connectivity index (χ4v) is 2.73. The maximum Gasteiger partial charge on any atom is 0.158 e. The van der Waals surface area contributed by atoms with Crippen LogP contribution < -0.4 is 4.74 Å². The monoisotopic (exact) mass is 266 g/mol. The molecular weight excluding hydrogens is 248 g/mol. The molecule has 102 valence electrons. The highest BCUT2D eigenvalue weighted by molar-refractivity contribution is 5.51. The largest absolute Gasteiger partial charge is 0.482 e. The summed E-state index contributed by atoms with van der Waals surface area (Å²) in [6.45, 7) is 4.02. The van der Waals surface area contributed by atoms with Gasteiger partial charge in [0.05, 0.1) is 0 Å². The molecule has 2 atom stereocenters. The number of rotatable bonds is 2. The van der Waals surface area contributed by atoms with Gasteiger partial charge in [-0.2, -0.15) is 0 Å². The number of hydrogen-bond donors (Lipinski definition) is 1. The number of ether oxygens (including phenoxy) is 1. The Balaban J connectivity index is 2.19. The normalized spacial score (nSPS) is 23.9. The molecule has 0 radical (unpaired) electrons.